The van der Waals surface area contributed by atoms with Gasteiger partial charge >= 0.3 is 11.9 Å². The minimum absolute atomic E-state index is 0.343. The normalized spacial score (nSPS) is 18.0. The topological polar surface area (TPSA) is 99.5 Å². The van der Waals surface area contributed by atoms with Gasteiger partial charge in [0.25, 0.3) is 0 Å². The number of rotatable bonds is 13. The predicted molar refractivity (Wildman–Crippen MR) is 214 cm³/mol. The molecule has 2 aliphatic heterocycles. The molecular weight excluding hydrogens is 723 g/mol. The minimum atomic E-state index is -0.767. The Labute approximate surface area is 328 Å². The molecule has 0 aliphatic carbocycles. The Kier molecular flexibility index (Phi) is 12.9. The molecule has 0 saturated carbocycles. The number of aliphatic carboxylic acids is 2. The molecule has 2 aliphatic rings. The maximum Gasteiger partial charge on any atom is 0.320 e. The predicted octanol–water partition coefficient (Wildman–Crippen LogP) is 9.93. The Morgan fingerprint density at radius 1 is 0.630 bits per heavy atom. The van der Waals surface area contributed by atoms with E-state index < -0.39 is 24.0 Å². The van der Waals surface area contributed by atoms with Crippen LogP contribution >= 0.6 is 23.2 Å². The van der Waals surface area contributed by atoms with Crippen molar-refractivity contribution in [3.63, 3.8) is 0 Å². The molecule has 54 heavy (non-hydrogen) atoms. The summed E-state index contributed by atoms with van der Waals surface area (Å²) in [5.74, 6) is -0.332. The summed E-state index contributed by atoms with van der Waals surface area (Å²) in [4.78, 5) is 27.7. The van der Waals surface area contributed by atoms with Gasteiger partial charge in [0.2, 0.25) is 0 Å². The molecule has 0 bridgehead atoms. The lowest BCUT2D eigenvalue weighted by atomic mass is 9.92. The zero-order chi connectivity index (χ0) is 38.5. The molecule has 0 unspecified atom stereocenters. The first kappa shape index (κ1) is 39.6. The molecule has 4 aromatic rings. The molecule has 4 aromatic carbocycles. The molecule has 2 fully saturated rings. The van der Waals surface area contributed by atoms with Gasteiger partial charge in [-0.25, -0.2) is 0 Å². The standard InChI is InChI=1S/C44H50Cl2N2O6/c1-27-19-41(37(45)21-33(27)23-47-17-7-5-15-39(47)43(49)50)53-25-31-11-9-13-35(29(31)3)36-14-10-12-32(30(36)4)26-54-42-20-28(2)34(22-38(42)46)24-48-18-8-6-16-40(48)44(51)52/h9-14,19-22,39-40H,5-8,15-18,23-26H2,1-4H3,(H,49,50)(H,51,52)/t39-,40-/m0/s1. The van der Waals surface area contributed by atoms with Crippen molar-refractivity contribution in [1.29, 1.82) is 0 Å². The fourth-order valence-corrected chi connectivity index (χ4v) is 8.37. The van der Waals surface area contributed by atoms with Crippen molar-refractivity contribution >= 4 is 35.1 Å². The van der Waals surface area contributed by atoms with Gasteiger partial charge in [-0.1, -0.05) is 72.4 Å². The number of carboxylic acids is 2. The van der Waals surface area contributed by atoms with Crippen LogP contribution in [0.1, 0.15) is 83.0 Å². The summed E-state index contributed by atoms with van der Waals surface area (Å²) in [5.41, 5.74) is 10.6. The number of benzene rings is 4. The number of carboxylic acid groups (broad SMARTS) is 2. The fraction of sp³-hybridized carbons (Fsp3) is 0.409. The van der Waals surface area contributed by atoms with Gasteiger partial charge in [0.15, 0.2) is 0 Å². The Bertz CT molecular complexity index is 1870. The van der Waals surface area contributed by atoms with Crippen LogP contribution in [0.2, 0.25) is 10.0 Å². The SMILES string of the molecule is Cc1cc(OCc2cccc(-c3cccc(COc4cc(C)c(CN5CCCC[C@H]5C(=O)O)cc4Cl)c3C)c2C)c(Cl)cc1CN1CCCC[C@H]1C(=O)O. The van der Waals surface area contributed by atoms with Gasteiger partial charge in [-0.15, -0.1) is 0 Å². The number of hydrogen-bond donors (Lipinski definition) is 2. The molecule has 0 aromatic heterocycles. The quantitative estimate of drug-likeness (QED) is 0.139. The number of piperidine rings is 2. The second-order valence-corrected chi connectivity index (χ2v) is 15.6. The maximum atomic E-state index is 11.8. The van der Waals surface area contributed by atoms with Crippen molar-refractivity contribution in [1.82, 2.24) is 9.80 Å². The monoisotopic (exact) mass is 772 g/mol. The number of halogens is 2. The zero-order valence-corrected chi connectivity index (χ0v) is 33.1. The van der Waals surface area contributed by atoms with Gasteiger partial charge < -0.3 is 19.7 Å². The third-order valence-electron chi connectivity index (χ3n) is 11.3. The first-order valence-electron chi connectivity index (χ1n) is 18.9. The van der Waals surface area contributed by atoms with Crippen molar-refractivity contribution in [2.45, 2.75) is 105 Å². The maximum absolute atomic E-state index is 11.8. The molecule has 286 valence electrons. The molecule has 10 heteroatoms. The van der Waals surface area contributed by atoms with Crippen molar-refractivity contribution < 1.29 is 29.3 Å². The van der Waals surface area contributed by atoms with Crippen molar-refractivity contribution in [3.05, 3.63) is 115 Å². The summed E-state index contributed by atoms with van der Waals surface area (Å²) in [6, 6.07) is 19.3. The third kappa shape index (κ3) is 9.06. The lowest BCUT2D eigenvalue weighted by Crippen LogP contribution is -2.44. The summed E-state index contributed by atoms with van der Waals surface area (Å²) < 4.78 is 12.6. The van der Waals surface area contributed by atoms with Crippen molar-refractivity contribution in [3.8, 4) is 22.6 Å². The van der Waals surface area contributed by atoms with Crippen LogP contribution in [-0.4, -0.2) is 57.1 Å². The average Bonchev–Trinajstić information content (AvgIpc) is 3.14. The molecular formula is C44H50Cl2N2O6. The van der Waals surface area contributed by atoms with Crippen LogP contribution in [0.3, 0.4) is 0 Å². The van der Waals surface area contributed by atoms with Gasteiger partial charge in [0.05, 0.1) is 10.0 Å². The minimum Gasteiger partial charge on any atom is -0.487 e. The highest BCUT2D eigenvalue weighted by atomic mass is 35.5. The van der Waals surface area contributed by atoms with E-state index in [4.69, 9.17) is 32.7 Å². The molecule has 0 radical (unpaired) electrons. The average molecular weight is 774 g/mol. The van der Waals surface area contributed by atoms with E-state index in [-0.39, 0.29) is 0 Å². The zero-order valence-electron chi connectivity index (χ0n) is 31.6. The van der Waals surface area contributed by atoms with Gasteiger partial charge in [-0.05, 0) is 146 Å². The summed E-state index contributed by atoms with van der Waals surface area (Å²) in [5, 5.41) is 20.4. The molecule has 0 spiro atoms. The van der Waals surface area contributed by atoms with Gasteiger partial charge in [-0.3, -0.25) is 19.4 Å². The number of carbonyl (C=O) groups is 2. The number of nitrogens with zero attached hydrogens (tertiary/aromatic N) is 2. The van der Waals surface area contributed by atoms with Crippen LogP contribution in [0.15, 0.2) is 60.7 Å². The Balaban J connectivity index is 1.13. The number of ether oxygens (including phenoxy) is 2. The Morgan fingerprint density at radius 2 is 1.04 bits per heavy atom. The number of likely N-dealkylation sites (tertiary alicyclic amines) is 2. The Morgan fingerprint density at radius 3 is 1.43 bits per heavy atom. The molecule has 2 heterocycles. The van der Waals surface area contributed by atoms with Crippen LogP contribution in [0, 0.1) is 27.7 Å². The molecule has 2 N–H and O–H groups in total. The molecule has 6 rings (SSSR count). The van der Waals surface area contributed by atoms with E-state index in [9.17, 15) is 19.8 Å². The summed E-state index contributed by atoms with van der Waals surface area (Å²) in [6.07, 6.45) is 5.20. The summed E-state index contributed by atoms with van der Waals surface area (Å²) in [6.45, 7) is 11.5. The largest absolute Gasteiger partial charge is 0.487 e. The van der Waals surface area contributed by atoms with E-state index >= 15 is 0 Å². The van der Waals surface area contributed by atoms with Crippen LogP contribution < -0.4 is 9.47 Å². The highest BCUT2D eigenvalue weighted by molar-refractivity contribution is 6.32. The molecule has 8 nitrogen and oxygen atoms in total. The second-order valence-electron chi connectivity index (χ2n) is 14.8. The van der Waals surface area contributed by atoms with E-state index in [2.05, 4.69) is 38.1 Å². The van der Waals surface area contributed by atoms with Gasteiger partial charge in [0.1, 0.15) is 36.8 Å². The van der Waals surface area contributed by atoms with Crippen molar-refractivity contribution in [2.24, 2.45) is 0 Å². The smallest absolute Gasteiger partial charge is 0.320 e. The van der Waals surface area contributed by atoms with E-state index in [0.29, 0.717) is 60.7 Å². The van der Waals surface area contributed by atoms with Crippen LogP contribution in [0.4, 0.5) is 0 Å². The van der Waals surface area contributed by atoms with E-state index in [1.165, 1.54) is 0 Å². The van der Waals surface area contributed by atoms with E-state index in [1.807, 2.05) is 60.0 Å². The summed E-state index contributed by atoms with van der Waals surface area (Å²) in [7, 11) is 0. The van der Waals surface area contributed by atoms with Crippen LogP contribution in [0.25, 0.3) is 11.1 Å². The number of hydrogen-bond acceptors (Lipinski definition) is 6. The van der Waals surface area contributed by atoms with Crippen molar-refractivity contribution in [2.75, 3.05) is 13.1 Å². The molecule has 2 saturated heterocycles. The lowest BCUT2D eigenvalue weighted by molar-refractivity contribution is -0.145. The molecule has 2 atom stereocenters. The highest BCUT2D eigenvalue weighted by Crippen LogP contribution is 2.35. The second kappa shape index (κ2) is 17.6. The highest BCUT2D eigenvalue weighted by Gasteiger charge is 2.30. The van der Waals surface area contributed by atoms with Crippen LogP contribution in [-0.2, 0) is 35.9 Å². The Hall–Kier alpha value is -4.08. The van der Waals surface area contributed by atoms with E-state index in [1.54, 1.807) is 0 Å². The number of aryl methyl sites for hydroxylation is 2. The first-order chi connectivity index (χ1) is 25.9. The lowest BCUT2D eigenvalue weighted by Gasteiger charge is -2.33. The summed E-state index contributed by atoms with van der Waals surface area (Å²) >= 11 is 13.5. The van der Waals surface area contributed by atoms with Crippen LogP contribution in [0.5, 0.6) is 11.5 Å². The van der Waals surface area contributed by atoms with Gasteiger partial charge in [-0.2, -0.15) is 0 Å². The molecule has 0 amide bonds. The van der Waals surface area contributed by atoms with E-state index in [0.717, 1.165) is 94.4 Å². The first-order valence-corrected chi connectivity index (χ1v) is 19.6. The third-order valence-corrected chi connectivity index (χ3v) is 11.9. The fourth-order valence-electron chi connectivity index (χ4n) is 7.89. The van der Waals surface area contributed by atoms with Gasteiger partial charge in [0, 0.05) is 13.1 Å².